The van der Waals surface area contributed by atoms with Gasteiger partial charge in [0.1, 0.15) is 28.2 Å². The third-order valence-corrected chi connectivity index (χ3v) is 6.14. The summed E-state index contributed by atoms with van der Waals surface area (Å²) in [6.07, 6.45) is -2.04. The van der Waals surface area contributed by atoms with Crippen LogP contribution < -0.4 is 5.43 Å². The predicted molar refractivity (Wildman–Crippen MR) is 118 cm³/mol. The van der Waals surface area contributed by atoms with E-state index in [-0.39, 0.29) is 35.3 Å². The molecule has 2 atom stereocenters. The van der Waals surface area contributed by atoms with Gasteiger partial charge < -0.3 is 29.3 Å². The number of nitrogens with zero attached hydrogens (tertiary/aromatic N) is 1. The average Bonchev–Trinajstić information content (AvgIpc) is 2.67. The molecule has 1 aliphatic heterocycles. The summed E-state index contributed by atoms with van der Waals surface area (Å²) in [5.41, 5.74) is -0.510. The zero-order chi connectivity index (χ0) is 24.1. The second-order valence-electron chi connectivity index (χ2n) is 7.61. The number of likely N-dealkylation sites (tertiary alicyclic amines) is 1. The van der Waals surface area contributed by atoms with Gasteiger partial charge in [-0.2, -0.15) is 0 Å². The Hall–Kier alpha value is -2.39. The van der Waals surface area contributed by atoms with Gasteiger partial charge in [-0.1, -0.05) is 23.7 Å². The molecule has 0 saturated carbocycles. The third-order valence-electron chi connectivity index (χ3n) is 5.34. The van der Waals surface area contributed by atoms with Crippen LogP contribution in [0.15, 0.2) is 45.6 Å². The van der Waals surface area contributed by atoms with Crippen molar-refractivity contribution < 1.29 is 34.9 Å². The van der Waals surface area contributed by atoms with E-state index in [9.17, 15) is 29.4 Å². The van der Waals surface area contributed by atoms with Crippen molar-refractivity contribution in [3.05, 3.63) is 57.2 Å². The monoisotopic (exact) mass is 482 g/mol. The highest BCUT2D eigenvalue weighted by molar-refractivity contribution is 7.46. The minimum absolute atomic E-state index is 0.0590. The molecule has 2 heterocycles. The Labute approximate surface area is 189 Å². The van der Waals surface area contributed by atoms with Gasteiger partial charge >= 0.3 is 7.82 Å². The summed E-state index contributed by atoms with van der Waals surface area (Å²) in [4.78, 5) is 33.5. The van der Waals surface area contributed by atoms with Crippen LogP contribution in [0.3, 0.4) is 0 Å². The second-order valence-corrected chi connectivity index (χ2v) is 9.19. The number of fused-ring (bicyclic) bond motifs is 1. The van der Waals surface area contributed by atoms with Crippen molar-refractivity contribution in [2.75, 3.05) is 20.1 Å². The van der Waals surface area contributed by atoms with E-state index in [0.717, 1.165) is 12.1 Å². The second kappa shape index (κ2) is 8.51. The van der Waals surface area contributed by atoms with Crippen molar-refractivity contribution in [3.63, 3.8) is 0 Å². The Morgan fingerprint density at radius 2 is 1.97 bits per heavy atom. The van der Waals surface area contributed by atoms with Crippen LogP contribution in [0.4, 0.5) is 0 Å². The van der Waals surface area contributed by atoms with Crippen molar-refractivity contribution in [2.24, 2.45) is 0 Å². The first-order valence-corrected chi connectivity index (χ1v) is 11.5. The highest BCUT2D eigenvalue weighted by Gasteiger charge is 2.38. The van der Waals surface area contributed by atoms with Crippen LogP contribution in [0, 0.1) is 0 Å². The normalized spacial score (nSPS) is 22.8. The van der Waals surface area contributed by atoms with E-state index in [1.807, 2.05) is 0 Å². The Balaban J connectivity index is 2.01. The summed E-state index contributed by atoms with van der Waals surface area (Å²) in [5.74, 6) is -2.08. The largest absolute Gasteiger partial charge is 0.507 e. The number of phosphoric ester groups is 1. The summed E-state index contributed by atoms with van der Waals surface area (Å²) >= 11 is 6.24. The molecule has 4 rings (SSSR count). The maximum atomic E-state index is 12.9. The number of rotatable bonds is 4. The molecule has 1 aromatic heterocycles. The Kier molecular flexibility index (Phi) is 5.71. The average molecular weight is 483 g/mol. The van der Waals surface area contributed by atoms with Crippen molar-refractivity contribution in [2.45, 2.75) is 18.4 Å². The van der Waals surface area contributed by atoms with Crippen molar-refractivity contribution in [3.8, 4) is 22.8 Å². The molecule has 1 saturated heterocycles. The molecule has 3 aromatic rings. The van der Waals surface area contributed by atoms with Gasteiger partial charge in [0.05, 0.1) is 12.5 Å². The van der Waals surface area contributed by atoms with E-state index in [1.165, 1.54) is 0 Å². The molecule has 170 valence electrons. The molecule has 11 heteroatoms. The van der Waals surface area contributed by atoms with Crippen molar-refractivity contribution >= 4 is 30.4 Å². The first-order chi connectivity index (χ1) is 15.4. The molecule has 1 fully saturated rings. The summed E-state index contributed by atoms with van der Waals surface area (Å²) in [5, 5.41) is 21.2. The van der Waals surface area contributed by atoms with Crippen molar-refractivity contribution in [1.82, 2.24) is 4.90 Å². The van der Waals surface area contributed by atoms with Gasteiger partial charge in [0.2, 0.25) is 0 Å². The number of likely N-dealkylation sites (N-methyl/N-ethyl adjacent to an activating group) is 1. The molecule has 1 aliphatic rings. The topological polar surface area (TPSA) is 141 Å². The lowest BCUT2D eigenvalue weighted by Gasteiger charge is -2.36. The quantitative estimate of drug-likeness (QED) is 0.411. The predicted octanol–water partition coefficient (Wildman–Crippen LogP) is 3.42. The van der Waals surface area contributed by atoms with E-state index in [1.54, 1.807) is 36.2 Å². The summed E-state index contributed by atoms with van der Waals surface area (Å²) in [6.45, 7) is 0.213. The lowest BCUT2D eigenvalue weighted by molar-refractivity contribution is 0.0544. The molecule has 0 spiro atoms. The summed E-state index contributed by atoms with van der Waals surface area (Å²) in [7, 11) is -3.44. The van der Waals surface area contributed by atoms with Crippen LogP contribution in [0.5, 0.6) is 11.5 Å². The number of hydrogen-bond acceptors (Lipinski definition) is 7. The van der Waals surface area contributed by atoms with Gasteiger partial charge in [-0.25, -0.2) is 4.57 Å². The molecule has 4 N–H and O–H groups in total. The fourth-order valence-electron chi connectivity index (χ4n) is 3.97. The molecule has 32 heavy (non-hydrogen) atoms. The number of halogens is 1. The third kappa shape index (κ3) is 4.41. The Morgan fingerprint density at radius 3 is 2.66 bits per heavy atom. The van der Waals surface area contributed by atoms with Gasteiger partial charge in [-0.3, -0.25) is 9.32 Å². The minimum Gasteiger partial charge on any atom is -0.507 e. The number of benzene rings is 2. The van der Waals surface area contributed by atoms with Crippen LogP contribution in [0.2, 0.25) is 5.02 Å². The molecule has 2 aromatic carbocycles. The van der Waals surface area contributed by atoms with Crippen LogP contribution >= 0.6 is 19.4 Å². The van der Waals surface area contributed by atoms with Gasteiger partial charge in [0.25, 0.3) is 0 Å². The number of aromatic hydroxyl groups is 2. The van der Waals surface area contributed by atoms with Crippen LogP contribution in [0.1, 0.15) is 19.3 Å². The smallest absolute Gasteiger partial charge is 0.469 e. The lowest BCUT2D eigenvalue weighted by Crippen LogP contribution is -2.41. The van der Waals surface area contributed by atoms with Crippen molar-refractivity contribution in [1.29, 1.82) is 0 Å². The highest BCUT2D eigenvalue weighted by Crippen LogP contribution is 2.47. The van der Waals surface area contributed by atoms with Crippen LogP contribution in [-0.4, -0.2) is 51.1 Å². The molecular weight excluding hydrogens is 461 g/mol. The van der Waals surface area contributed by atoms with Gasteiger partial charge in [-0.15, -0.1) is 0 Å². The summed E-state index contributed by atoms with van der Waals surface area (Å²) < 4.78 is 31.3. The zero-order valence-corrected chi connectivity index (χ0v) is 18.5. The van der Waals surface area contributed by atoms with Crippen LogP contribution in [-0.2, 0) is 9.09 Å². The van der Waals surface area contributed by atoms with Gasteiger partial charge in [0, 0.05) is 35.7 Å². The molecule has 0 amide bonds. The zero-order valence-electron chi connectivity index (χ0n) is 17.9. The number of hydrogen-bond donors (Lipinski definition) is 4. The van der Waals surface area contributed by atoms with E-state index in [0.29, 0.717) is 17.1 Å². The number of phenolic OH excluding ortho intramolecular Hbond substituents is 2. The van der Waals surface area contributed by atoms with E-state index >= 15 is 0 Å². The number of phosphoric acid groups is 1. The molecule has 9 nitrogen and oxygen atoms in total. The lowest BCUT2D eigenvalue weighted by atomic mass is 9.85. The minimum atomic E-state index is -5.10. The SMILES string of the molecule is [2H][C@@]1(OP(=O)(O)O)CN(C)CC[C@@H]1c1c(O)cc(O)c2c(=O)cc(-c3ccccc3Cl)oc12. The Morgan fingerprint density at radius 1 is 1.25 bits per heavy atom. The fraction of sp³-hybridized carbons (Fsp3) is 0.286. The highest BCUT2D eigenvalue weighted by atomic mass is 35.5. The molecule has 0 bridgehead atoms. The first-order valence-electron chi connectivity index (χ1n) is 10.1. The maximum Gasteiger partial charge on any atom is 0.469 e. The fourth-order valence-corrected chi connectivity index (χ4v) is 4.69. The maximum absolute atomic E-state index is 12.9. The molecule has 0 unspecified atom stereocenters. The molecule has 0 radical (unpaired) electrons. The Bertz CT molecular complexity index is 1340. The first kappa shape index (κ1) is 21.5. The van der Waals surface area contributed by atoms with Gasteiger partial charge in [0.15, 0.2) is 5.43 Å². The molecule has 0 aliphatic carbocycles. The standard InChI is InChI=1S/C21H21ClNO8P/c1-23-7-6-12(18(10-23)31-32(27,28)29)19-14(24)8-15(25)20-16(26)9-17(30-21(19)20)11-4-2-3-5-13(11)22/h2-5,8-9,12,18,24-25H,6-7,10H2,1H3,(H2,27,28,29)/t12-,18+/m0/s1/i18D. The number of piperidine rings is 1. The van der Waals surface area contributed by atoms with E-state index < -0.39 is 36.7 Å². The van der Waals surface area contributed by atoms with Gasteiger partial charge in [-0.05, 0) is 32.1 Å². The van der Waals surface area contributed by atoms with E-state index in [4.69, 9.17) is 21.9 Å². The van der Waals surface area contributed by atoms with Crippen LogP contribution in [0.25, 0.3) is 22.3 Å². The number of phenols is 2. The summed E-state index contributed by atoms with van der Waals surface area (Å²) in [6, 6.07) is 8.70. The molecular formula is C21H21ClNO8P. The van der Waals surface area contributed by atoms with E-state index in [2.05, 4.69) is 0 Å².